The van der Waals surface area contributed by atoms with E-state index in [2.05, 4.69) is 12.1 Å². The molecule has 0 saturated heterocycles. The average Bonchev–Trinajstić information content (AvgIpc) is 2.28. The van der Waals surface area contributed by atoms with Gasteiger partial charge in [0.25, 0.3) is 0 Å². The Labute approximate surface area is 95.3 Å². The summed E-state index contributed by atoms with van der Waals surface area (Å²) in [6.45, 7) is 0. The lowest BCUT2D eigenvalue weighted by molar-refractivity contribution is -0.138. The quantitative estimate of drug-likeness (QED) is 0.810. The Kier molecular flexibility index (Phi) is 3.25. The molecule has 0 saturated carbocycles. The van der Waals surface area contributed by atoms with E-state index >= 15 is 0 Å². The van der Waals surface area contributed by atoms with Crippen LogP contribution in [0.15, 0.2) is 18.2 Å². The topological polar surface area (TPSA) is 63.3 Å². The Morgan fingerprint density at radius 2 is 2.00 bits per heavy atom. The number of rotatable bonds is 3. The maximum atomic E-state index is 10.7. The molecule has 0 amide bonds. The Balaban J connectivity index is 2.14. The van der Waals surface area contributed by atoms with E-state index < -0.39 is 12.0 Å². The highest BCUT2D eigenvalue weighted by Crippen LogP contribution is 2.22. The zero-order valence-electron chi connectivity index (χ0n) is 9.28. The third kappa shape index (κ3) is 2.42. The summed E-state index contributed by atoms with van der Waals surface area (Å²) in [6.07, 6.45) is 5.19. The first-order valence-corrected chi connectivity index (χ1v) is 5.76. The monoisotopic (exact) mass is 219 g/mol. The minimum absolute atomic E-state index is 0.419. The summed E-state index contributed by atoms with van der Waals surface area (Å²) < 4.78 is 0. The van der Waals surface area contributed by atoms with Crippen LogP contribution in [-0.2, 0) is 24.1 Å². The van der Waals surface area contributed by atoms with Crippen molar-refractivity contribution in [2.45, 2.75) is 38.1 Å². The highest BCUT2D eigenvalue weighted by atomic mass is 16.4. The fraction of sp³-hybridized carbons (Fsp3) is 0.462. The number of carboxylic acid groups (broad SMARTS) is 1. The molecule has 0 aromatic heterocycles. The number of benzene rings is 1. The standard InChI is InChI=1S/C13H17NO2/c14-12(13(15)16)8-9-5-6-10-3-1-2-4-11(10)7-9/h5-7,12H,1-4,8,14H2,(H,15,16)/t12-/m1/s1. The number of carboxylic acids is 1. The maximum Gasteiger partial charge on any atom is 0.320 e. The lowest BCUT2D eigenvalue weighted by atomic mass is 9.89. The van der Waals surface area contributed by atoms with E-state index in [0.717, 1.165) is 18.4 Å². The van der Waals surface area contributed by atoms with Crippen molar-refractivity contribution in [3.63, 3.8) is 0 Å². The Bertz CT molecular complexity index is 401. The van der Waals surface area contributed by atoms with Crippen LogP contribution in [0, 0.1) is 0 Å². The van der Waals surface area contributed by atoms with Gasteiger partial charge >= 0.3 is 5.97 Å². The van der Waals surface area contributed by atoms with Gasteiger partial charge in [0.2, 0.25) is 0 Å². The fourth-order valence-electron chi connectivity index (χ4n) is 2.25. The van der Waals surface area contributed by atoms with Gasteiger partial charge in [-0.15, -0.1) is 0 Å². The first-order valence-electron chi connectivity index (χ1n) is 5.76. The molecule has 16 heavy (non-hydrogen) atoms. The first kappa shape index (κ1) is 11.1. The summed E-state index contributed by atoms with van der Waals surface area (Å²) in [7, 11) is 0. The molecular formula is C13H17NO2. The highest BCUT2D eigenvalue weighted by Gasteiger charge is 2.14. The number of aryl methyl sites for hydroxylation is 2. The van der Waals surface area contributed by atoms with Crippen LogP contribution in [0.1, 0.15) is 29.5 Å². The van der Waals surface area contributed by atoms with E-state index in [1.807, 2.05) is 6.07 Å². The summed E-state index contributed by atoms with van der Waals surface area (Å²) in [6, 6.07) is 5.46. The number of nitrogens with two attached hydrogens (primary N) is 1. The van der Waals surface area contributed by atoms with Gasteiger partial charge in [0.1, 0.15) is 6.04 Å². The molecule has 0 aliphatic heterocycles. The van der Waals surface area contributed by atoms with Crippen molar-refractivity contribution in [3.8, 4) is 0 Å². The Morgan fingerprint density at radius 3 is 2.69 bits per heavy atom. The van der Waals surface area contributed by atoms with Gasteiger partial charge in [-0.25, -0.2) is 0 Å². The Morgan fingerprint density at radius 1 is 1.31 bits per heavy atom. The predicted octanol–water partition coefficient (Wildman–Crippen LogP) is 1.52. The van der Waals surface area contributed by atoms with E-state index in [4.69, 9.17) is 10.8 Å². The van der Waals surface area contributed by atoms with Crippen LogP contribution in [0.25, 0.3) is 0 Å². The van der Waals surface area contributed by atoms with Crippen LogP contribution in [0.4, 0.5) is 0 Å². The van der Waals surface area contributed by atoms with Gasteiger partial charge in [0.15, 0.2) is 0 Å². The second kappa shape index (κ2) is 4.66. The number of aliphatic carboxylic acids is 1. The number of fused-ring (bicyclic) bond motifs is 1. The maximum absolute atomic E-state index is 10.7. The summed E-state index contributed by atoms with van der Waals surface area (Å²) in [5.41, 5.74) is 9.35. The molecule has 86 valence electrons. The third-order valence-electron chi connectivity index (χ3n) is 3.19. The van der Waals surface area contributed by atoms with Gasteiger partial charge in [-0.3, -0.25) is 4.79 Å². The minimum atomic E-state index is -0.933. The second-order valence-electron chi connectivity index (χ2n) is 4.46. The summed E-state index contributed by atoms with van der Waals surface area (Å²) in [4.78, 5) is 10.7. The number of hydrogen-bond donors (Lipinski definition) is 2. The van der Waals surface area contributed by atoms with E-state index in [1.54, 1.807) is 0 Å². The lowest BCUT2D eigenvalue weighted by Gasteiger charge is -2.17. The molecule has 0 spiro atoms. The molecule has 1 aliphatic carbocycles. The molecule has 1 aliphatic rings. The van der Waals surface area contributed by atoms with E-state index in [9.17, 15) is 4.79 Å². The van der Waals surface area contributed by atoms with Crippen molar-refractivity contribution in [2.75, 3.05) is 0 Å². The SMILES string of the molecule is N[C@H](Cc1ccc2c(c1)CCCC2)C(=O)O. The summed E-state index contributed by atoms with van der Waals surface area (Å²) in [5.74, 6) is -0.933. The zero-order valence-corrected chi connectivity index (χ0v) is 9.28. The van der Waals surface area contributed by atoms with Crippen molar-refractivity contribution >= 4 is 5.97 Å². The molecule has 0 fully saturated rings. The fourth-order valence-corrected chi connectivity index (χ4v) is 2.25. The van der Waals surface area contributed by atoms with E-state index in [-0.39, 0.29) is 0 Å². The van der Waals surface area contributed by atoms with Crippen molar-refractivity contribution in [3.05, 3.63) is 34.9 Å². The van der Waals surface area contributed by atoms with Crippen molar-refractivity contribution < 1.29 is 9.90 Å². The van der Waals surface area contributed by atoms with Crippen molar-refractivity contribution in [2.24, 2.45) is 5.73 Å². The van der Waals surface area contributed by atoms with Crippen LogP contribution in [-0.4, -0.2) is 17.1 Å². The van der Waals surface area contributed by atoms with Gasteiger partial charge in [0.05, 0.1) is 0 Å². The zero-order chi connectivity index (χ0) is 11.5. The molecule has 1 aromatic rings. The molecule has 3 heteroatoms. The molecule has 0 unspecified atom stereocenters. The normalized spacial score (nSPS) is 16.6. The highest BCUT2D eigenvalue weighted by molar-refractivity contribution is 5.73. The van der Waals surface area contributed by atoms with Gasteiger partial charge in [-0.2, -0.15) is 0 Å². The largest absolute Gasteiger partial charge is 0.480 e. The van der Waals surface area contributed by atoms with Gasteiger partial charge in [-0.05, 0) is 48.8 Å². The molecule has 1 atom stereocenters. The molecule has 0 bridgehead atoms. The Hall–Kier alpha value is -1.35. The summed E-state index contributed by atoms with van der Waals surface area (Å²) in [5, 5.41) is 8.76. The van der Waals surface area contributed by atoms with Gasteiger partial charge < -0.3 is 10.8 Å². The van der Waals surface area contributed by atoms with Gasteiger partial charge in [0, 0.05) is 0 Å². The predicted molar refractivity (Wildman–Crippen MR) is 62.4 cm³/mol. The van der Waals surface area contributed by atoms with Crippen LogP contribution in [0.5, 0.6) is 0 Å². The lowest BCUT2D eigenvalue weighted by Crippen LogP contribution is -2.32. The van der Waals surface area contributed by atoms with Crippen LogP contribution in [0.3, 0.4) is 0 Å². The van der Waals surface area contributed by atoms with Crippen molar-refractivity contribution in [1.82, 2.24) is 0 Å². The number of carbonyl (C=O) groups is 1. The second-order valence-corrected chi connectivity index (χ2v) is 4.46. The smallest absolute Gasteiger partial charge is 0.320 e. The molecule has 3 N–H and O–H groups in total. The minimum Gasteiger partial charge on any atom is -0.480 e. The molecule has 1 aromatic carbocycles. The molecule has 0 radical (unpaired) electrons. The van der Waals surface area contributed by atoms with Crippen LogP contribution >= 0.6 is 0 Å². The van der Waals surface area contributed by atoms with Crippen LogP contribution in [0.2, 0.25) is 0 Å². The van der Waals surface area contributed by atoms with E-state index in [1.165, 1.54) is 24.0 Å². The molecular weight excluding hydrogens is 202 g/mol. The molecule has 2 rings (SSSR count). The van der Waals surface area contributed by atoms with Crippen LogP contribution < -0.4 is 5.73 Å². The van der Waals surface area contributed by atoms with Crippen molar-refractivity contribution in [1.29, 1.82) is 0 Å². The van der Waals surface area contributed by atoms with Gasteiger partial charge in [-0.1, -0.05) is 18.2 Å². The van der Waals surface area contributed by atoms with E-state index in [0.29, 0.717) is 6.42 Å². The first-order chi connectivity index (χ1) is 7.66. The molecule has 0 heterocycles. The number of hydrogen-bond acceptors (Lipinski definition) is 2. The molecule has 3 nitrogen and oxygen atoms in total. The average molecular weight is 219 g/mol. The summed E-state index contributed by atoms with van der Waals surface area (Å²) >= 11 is 0. The third-order valence-corrected chi connectivity index (χ3v) is 3.19.